The van der Waals surface area contributed by atoms with E-state index in [4.69, 9.17) is 10.1 Å². The van der Waals surface area contributed by atoms with Crippen molar-refractivity contribution in [3.05, 3.63) is 10.8 Å². The summed E-state index contributed by atoms with van der Waals surface area (Å²) in [5.41, 5.74) is 0. The molecule has 12 heteroatoms. The van der Waals surface area contributed by atoms with E-state index in [-0.39, 0.29) is 40.9 Å². The van der Waals surface area contributed by atoms with Crippen LogP contribution in [0.4, 0.5) is 4.79 Å². The maximum atomic E-state index is 13.0. The molecule has 4 heterocycles. The molecule has 2 amide bonds. The van der Waals surface area contributed by atoms with Gasteiger partial charge in [-0.05, 0) is 20.3 Å². The van der Waals surface area contributed by atoms with Crippen LogP contribution in [0.25, 0.3) is 0 Å². The summed E-state index contributed by atoms with van der Waals surface area (Å²) in [7, 11) is 0. The molecule has 0 radical (unpaired) electrons. The fourth-order valence-corrected chi connectivity index (χ4v) is 6.67. The Morgan fingerprint density at radius 1 is 1.24 bits per heavy atom. The normalized spacial score (nSPS) is 32.5. The molecule has 182 valence electrons. The number of fused-ring (bicyclic) bond motifs is 1. The highest BCUT2D eigenvalue weighted by Gasteiger charge is 2.60. The fraction of sp³-hybridized carbons (Fsp3) is 0.714. The second kappa shape index (κ2) is 9.15. The van der Waals surface area contributed by atoms with E-state index in [1.165, 1.54) is 16.7 Å². The molecule has 4 rings (SSSR count). The molecule has 0 aromatic heterocycles. The van der Waals surface area contributed by atoms with Gasteiger partial charge < -0.3 is 30.1 Å². The highest BCUT2D eigenvalue weighted by Crippen LogP contribution is 2.52. The van der Waals surface area contributed by atoms with Crippen LogP contribution < -0.4 is 5.32 Å². The summed E-state index contributed by atoms with van der Waals surface area (Å²) in [5, 5.41) is 30.3. The molecular weight excluding hydrogens is 450 g/mol. The molecular formula is C21H31N5O6S. The minimum absolute atomic E-state index is 0.0210. The Morgan fingerprint density at radius 3 is 2.45 bits per heavy atom. The molecule has 0 bridgehead atoms. The number of amides is 2. The molecule has 3 fully saturated rings. The predicted octanol–water partition coefficient (Wildman–Crippen LogP) is 0.313. The molecule has 5 unspecified atom stereocenters. The van der Waals surface area contributed by atoms with E-state index in [1.54, 1.807) is 13.8 Å². The zero-order valence-electron chi connectivity index (χ0n) is 19.0. The van der Waals surface area contributed by atoms with Gasteiger partial charge in [-0.25, -0.2) is 4.79 Å². The van der Waals surface area contributed by atoms with Gasteiger partial charge >= 0.3 is 6.16 Å². The largest absolute Gasteiger partial charge is 0.512 e. The van der Waals surface area contributed by atoms with Gasteiger partial charge in [0.15, 0.2) is 0 Å². The monoisotopic (exact) mass is 481 g/mol. The van der Waals surface area contributed by atoms with Crippen LogP contribution in [0.2, 0.25) is 0 Å². The Morgan fingerprint density at radius 2 is 1.88 bits per heavy atom. The van der Waals surface area contributed by atoms with Gasteiger partial charge in [-0.2, -0.15) is 0 Å². The number of nitrogens with zero attached hydrogens (tertiary/aromatic N) is 3. The first-order valence-electron chi connectivity index (χ1n) is 11.2. The van der Waals surface area contributed by atoms with E-state index < -0.39 is 18.2 Å². The third kappa shape index (κ3) is 4.31. The summed E-state index contributed by atoms with van der Waals surface area (Å²) in [6.07, 6.45) is -1.73. The predicted molar refractivity (Wildman–Crippen MR) is 120 cm³/mol. The number of thioether (sulfide) groups is 1. The topological polar surface area (TPSA) is 146 Å². The van der Waals surface area contributed by atoms with Gasteiger partial charge in [0.2, 0.25) is 17.7 Å². The van der Waals surface area contributed by atoms with Gasteiger partial charge in [0.05, 0.1) is 34.8 Å². The van der Waals surface area contributed by atoms with Crippen molar-refractivity contribution < 1.29 is 29.3 Å². The van der Waals surface area contributed by atoms with E-state index in [0.29, 0.717) is 49.9 Å². The van der Waals surface area contributed by atoms with E-state index in [9.17, 15) is 24.6 Å². The minimum Gasteiger partial charge on any atom is -0.449 e. The lowest BCUT2D eigenvalue weighted by Gasteiger charge is -2.45. The van der Waals surface area contributed by atoms with Gasteiger partial charge in [-0.15, -0.1) is 11.8 Å². The van der Waals surface area contributed by atoms with Crippen LogP contribution in [0.5, 0.6) is 0 Å². The molecule has 0 aliphatic carbocycles. The van der Waals surface area contributed by atoms with Crippen molar-refractivity contribution in [3.63, 3.8) is 0 Å². The number of aliphatic hydroxyl groups is 1. The summed E-state index contributed by atoms with van der Waals surface area (Å²) in [6.45, 7) is 8.29. The fourth-order valence-electron chi connectivity index (χ4n) is 5.25. The van der Waals surface area contributed by atoms with Crippen molar-refractivity contribution in [2.45, 2.75) is 50.6 Å². The average Bonchev–Trinajstić information content (AvgIpc) is 3.29. The second-order valence-corrected chi connectivity index (χ2v) is 10.5. The minimum atomic E-state index is -1.49. The summed E-state index contributed by atoms with van der Waals surface area (Å²) >= 11 is 1.45. The lowest BCUT2D eigenvalue weighted by Crippen LogP contribution is -2.63. The van der Waals surface area contributed by atoms with Crippen molar-refractivity contribution in [1.82, 2.24) is 20.0 Å². The number of amidine groups is 1. The molecule has 0 saturated carbocycles. The Labute approximate surface area is 196 Å². The Bertz CT molecular complexity index is 886. The molecule has 4 aliphatic heterocycles. The smallest absolute Gasteiger partial charge is 0.449 e. The van der Waals surface area contributed by atoms with Crippen LogP contribution in [-0.4, -0.2) is 105 Å². The number of hydrogen-bond acceptors (Lipinski definition) is 8. The number of rotatable bonds is 5. The number of carboxylic acid groups (broad SMARTS) is 1. The summed E-state index contributed by atoms with van der Waals surface area (Å²) in [6, 6.07) is -0.644. The Kier molecular flexibility index (Phi) is 6.61. The first kappa shape index (κ1) is 23.8. The lowest BCUT2D eigenvalue weighted by atomic mass is 9.79. The maximum absolute atomic E-state index is 13.0. The van der Waals surface area contributed by atoms with E-state index in [1.807, 2.05) is 16.7 Å². The maximum Gasteiger partial charge on any atom is 0.512 e. The van der Waals surface area contributed by atoms with Crippen molar-refractivity contribution in [2.75, 3.05) is 32.7 Å². The van der Waals surface area contributed by atoms with E-state index in [2.05, 4.69) is 5.32 Å². The van der Waals surface area contributed by atoms with Crippen LogP contribution in [0.3, 0.4) is 0 Å². The molecule has 33 heavy (non-hydrogen) atoms. The number of carbonyl (C=O) groups is 3. The molecule has 0 aromatic rings. The number of carbonyl (C=O) groups excluding carboxylic acids is 2. The highest BCUT2D eigenvalue weighted by molar-refractivity contribution is 8.03. The van der Waals surface area contributed by atoms with E-state index in [0.717, 1.165) is 0 Å². The molecule has 4 N–H and O–H groups in total. The number of ether oxygens (including phenoxy) is 1. The number of β-lactam (4-membered cyclic amide) rings is 1. The van der Waals surface area contributed by atoms with Crippen LogP contribution in [0, 0.1) is 17.2 Å². The van der Waals surface area contributed by atoms with Gasteiger partial charge in [0, 0.05) is 43.9 Å². The van der Waals surface area contributed by atoms with Gasteiger partial charge in [-0.3, -0.25) is 19.9 Å². The van der Waals surface area contributed by atoms with Gasteiger partial charge in [0.1, 0.15) is 0 Å². The SMILES string of the molecule is CC(=N)N1CCN(C(=O)C2CC(SC3=C(OC(=O)O)N4C(=O)C(C(C)O)[C@@H]4C3C)CN2)CC1. The van der Waals surface area contributed by atoms with Crippen molar-refractivity contribution >= 4 is 35.6 Å². The molecule has 4 aliphatic rings. The Hall–Kier alpha value is -2.31. The summed E-state index contributed by atoms with van der Waals surface area (Å²) in [5.74, 6) is -0.482. The van der Waals surface area contributed by atoms with E-state index >= 15 is 0 Å². The average molecular weight is 482 g/mol. The zero-order chi connectivity index (χ0) is 24.0. The lowest BCUT2D eigenvalue weighted by molar-refractivity contribution is -0.163. The van der Waals surface area contributed by atoms with Crippen LogP contribution in [-0.2, 0) is 14.3 Å². The Balaban J connectivity index is 1.41. The molecule has 6 atom stereocenters. The van der Waals surface area contributed by atoms with Crippen LogP contribution in [0.1, 0.15) is 27.2 Å². The number of nitrogens with one attached hydrogen (secondary N) is 2. The number of piperazine rings is 1. The third-order valence-corrected chi connectivity index (χ3v) is 8.49. The molecule has 3 saturated heterocycles. The standard InChI is InChI=1S/C21H31N5O6S/c1-10-16-15(11(2)27)19(29)26(16)20(32-21(30)31)17(10)33-13-8-14(23-9-13)18(28)25-6-4-24(5-7-25)12(3)22/h10-11,13-16,22-23,27H,4-9H2,1-3H3,(H,30,31)/t10?,11?,13?,14?,15?,16-/m0/s1. The number of aliphatic hydroxyl groups excluding tert-OH is 1. The molecule has 0 aromatic carbocycles. The first-order chi connectivity index (χ1) is 15.6. The van der Waals surface area contributed by atoms with Crippen molar-refractivity contribution in [3.8, 4) is 0 Å². The summed E-state index contributed by atoms with van der Waals surface area (Å²) < 4.78 is 5.02. The van der Waals surface area contributed by atoms with Gasteiger partial charge in [0.25, 0.3) is 0 Å². The van der Waals surface area contributed by atoms with Crippen LogP contribution >= 0.6 is 11.8 Å². The second-order valence-electron chi connectivity index (χ2n) is 9.13. The van der Waals surface area contributed by atoms with Crippen molar-refractivity contribution in [1.29, 1.82) is 5.41 Å². The molecule has 11 nitrogen and oxygen atoms in total. The van der Waals surface area contributed by atoms with Gasteiger partial charge in [-0.1, -0.05) is 6.92 Å². The third-order valence-electron chi connectivity index (χ3n) is 7.00. The first-order valence-corrected chi connectivity index (χ1v) is 12.1. The number of hydrogen-bond donors (Lipinski definition) is 4. The van der Waals surface area contributed by atoms with Crippen LogP contribution in [0.15, 0.2) is 10.8 Å². The quantitative estimate of drug-likeness (QED) is 0.189. The highest BCUT2D eigenvalue weighted by atomic mass is 32.2. The summed E-state index contributed by atoms with van der Waals surface area (Å²) in [4.78, 5) is 42.7. The molecule has 0 spiro atoms. The zero-order valence-corrected chi connectivity index (χ0v) is 19.8. The van der Waals surface area contributed by atoms with Crippen molar-refractivity contribution in [2.24, 2.45) is 11.8 Å².